The summed E-state index contributed by atoms with van der Waals surface area (Å²) in [5.74, 6) is 0. The van der Waals surface area contributed by atoms with Gasteiger partial charge in [0.25, 0.3) is 0 Å². The molecule has 0 spiro atoms. The standard InChI is InChI=1S/C6H4ClIO2S/c7-5-1-3-6(4-2-5)11(8,9)10/h1-4H. The Morgan fingerprint density at radius 2 is 1.64 bits per heavy atom. The quantitative estimate of drug-likeness (QED) is 0.590. The highest BCUT2D eigenvalue weighted by molar-refractivity contribution is 14.2. The number of hydrogen-bond acceptors (Lipinski definition) is 2. The van der Waals surface area contributed by atoms with Gasteiger partial charge in [-0.2, -0.15) is 0 Å². The van der Waals surface area contributed by atoms with Gasteiger partial charge in [-0.1, -0.05) is 11.6 Å². The molecular weight excluding hydrogens is 298 g/mol. The van der Waals surface area contributed by atoms with Gasteiger partial charge in [0.15, 0.2) is 0 Å². The molecule has 0 fully saturated rings. The van der Waals surface area contributed by atoms with Crippen LogP contribution in [0.5, 0.6) is 0 Å². The van der Waals surface area contributed by atoms with E-state index < -0.39 is 7.01 Å². The predicted octanol–water partition coefficient (Wildman–Crippen LogP) is 2.46. The average Bonchev–Trinajstić information content (AvgIpc) is 1.86. The van der Waals surface area contributed by atoms with E-state index >= 15 is 0 Å². The van der Waals surface area contributed by atoms with E-state index in [1.807, 2.05) is 0 Å². The van der Waals surface area contributed by atoms with Crippen LogP contribution in [0.1, 0.15) is 0 Å². The normalized spacial score (nSPS) is 11.5. The molecule has 5 heteroatoms. The van der Waals surface area contributed by atoms with Crippen LogP contribution in [-0.4, -0.2) is 8.42 Å². The monoisotopic (exact) mass is 302 g/mol. The van der Waals surface area contributed by atoms with Crippen molar-refractivity contribution < 1.29 is 8.42 Å². The number of rotatable bonds is 1. The van der Waals surface area contributed by atoms with E-state index in [0.29, 0.717) is 5.02 Å². The SMILES string of the molecule is O=S(=O)(I)c1ccc(Cl)cc1. The number of halogens is 2. The van der Waals surface area contributed by atoms with Crippen molar-refractivity contribution in [2.24, 2.45) is 0 Å². The Balaban J connectivity index is 3.20. The van der Waals surface area contributed by atoms with E-state index in [1.54, 1.807) is 12.1 Å². The minimum absolute atomic E-state index is 0.280. The Bertz CT molecular complexity index is 343. The Morgan fingerprint density at radius 3 is 2.00 bits per heavy atom. The van der Waals surface area contributed by atoms with Gasteiger partial charge in [-0.15, -0.1) is 0 Å². The molecule has 0 aliphatic carbocycles. The summed E-state index contributed by atoms with van der Waals surface area (Å²) in [5, 5.41) is 0.536. The first-order valence-electron chi connectivity index (χ1n) is 2.70. The summed E-state index contributed by atoms with van der Waals surface area (Å²) in [7, 11) is -3.11. The van der Waals surface area contributed by atoms with Crippen molar-refractivity contribution in [3.63, 3.8) is 0 Å². The fourth-order valence-corrected chi connectivity index (χ4v) is 2.07. The van der Waals surface area contributed by atoms with E-state index in [0.717, 1.165) is 0 Å². The van der Waals surface area contributed by atoms with Crippen LogP contribution in [0.15, 0.2) is 29.2 Å². The van der Waals surface area contributed by atoms with E-state index in [-0.39, 0.29) is 4.90 Å². The highest BCUT2D eigenvalue weighted by Crippen LogP contribution is 2.19. The van der Waals surface area contributed by atoms with Gasteiger partial charge in [-0.25, -0.2) is 8.42 Å². The van der Waals surface area contributed by atoms with Gasteiger partial charge in [0, 0.05) is 5.02 Å². The maximum atomic E-state index is 10.9. The third-order valence-corrected chi connectivity index (χ3v) is 3.71. The first-order valence-corrected chi connectivity index (χ1v) is 7.11. The van der Waals surface area contributed by atoms with Gasteiger partial charge >= 0.3 is 0 Å². The molecule has 60 valence electrons. The summed E-state index contributed by atoms with van der Waals surface area (Å²) in [5.41, 5.74) is 0. The maximum Gasteiger partial charge on any atom is 0.231 e. The van der Waals surface area contributed by atoms with E-state index in [9.17, 15) is 8.42 Å². The lowest BCUT2D eigenvalue weighted by molar-refractivity contribution is 0.612. The molecular formula is C6H4ClIO2S. The van der Waals surface area contributed by atoms with Gasteiger partial charge in [0.1, 0.15) is 0 Å². The van der Waals surface area contributed by atoms with Crippen LogP contribution < -0.4 is 0 Å². The Morgan fingerprint density at radius 1 is 1.18 bits per heavy atom. The fourth-order valence-electron chi connectivity index (χ4n) is 0.597. The van der Waals surface area contributed by atoms with E-state index in [2.05, 4.69) is 0 Å². The molecule has 0 N–H and O–H groups in total. The second-order valence-electron chi connectivity index (χ2n) is 1.89. The molecule has 1 aromatic carbocycles. The largest absolute Gasteiger partial charge is 0.231 e. The lowest BCUT2D eigenvalue weighted by Crippen LogP contribution is -1.87. The molecule has 0 aromatic heterocycles. The zero-order valence-electron chi connectivity index (χ0n) is 5.29. The lowest BCUT2D eigenvalue weighted by atomic mass is 10.4. The summed E-state index contributed by atoms with van der Waals surface area (Å²) in [6.45, 7) is 0. The van der Waals surface area contributed by atoms with Crippen LogP contribution in [-0.2, 0) is 7.01 Å². The third kappa shape index (κ3) is 2.61. The van der Waals surface area contributed by atoms with Crippen molar-refractivity contribution in [3.05, 3.63) is 29.3 Å². The molecule has 0 aliphatic rings. The van der Waals surface area contributed by atoms with Crippen LogP contribution in [0.4, 0.5) is 0 Å². The molecule has 0 atom stereocenters. The summed E-state index contributed by atoms with van der Waals surface area (Å²) in [4.78, 5) is 0.280. The van der Waals surface area contributed by atoms with Crippen molar-refractivity contribution in [2.75, 3.05) is 0 Å². The molecule has 11 heavy (non-hydrogen) atoms. The van der Waals surface area contributed by atoms with Gasteiger partial charge in [0.05, 0.1) is 26.1 Å². The smallest absolute Gasteiger partial charge is 0.213 e. The molecule has 0 amide bonds. The summed E-state index contributed by atoms with van der Waals surface area (Å²) in [6, 6.07) is 6.05. The second kappa shape index (κ2) is 3.28. The van der Waals surface area contributed by atoms with E-state index in [4.69, 9.17) is 11.6 Å². The molecule has 1 rings (SSSR count). The molecule has 0 radical (unpaired) electrons. The fraction of sp³-hybridized carbons (Fsp3) is 0. The van der Waals surface area contributed by atoms with E-state index in [1.165, 1.54) is 33.3 Å². The average molecular weight is 303 g/mol. The van der Waals surface area contributed by atoms with Crippen molar-refractivity contribution >= 4 is 39.8 Å². The lowest BCUT2D eigenvalue weighted by Gasteiger charge is -1.94. The topological polar surface area (TPSA) is 34.1 Å². The van der Waals surface area contributed by atoms with Crippen LogP contribution in [0.25, 0.3) is 0 Å². The number of hydrogen-bond donors (Lipinski definition) is 0. The second-order valence-corrected chi connectivity index (χ2v) is 7.15. The molecule has 2 nitrogen and oxygen atoms in total. The molecule has 1 aromatic rings. The van der Waals surface area contributed by atoms with Crippen LogP contribution in [0.3, 0.4) is 0 Å². The first-order chi connectivity index (χ1) is 5.00. The third-order valence-electron chi connectivity index (χ3n) is 1.10. The van der Waals surface area contributed by atoms with Crippen molar-refractivity contribution in [2.45, 2.75) is 4.90 Å². The number of benzene rings is 1. The summed E-state index contributed by atoms with van der Waals surface area (Å²) >= 11 is 6.95. The van der Waals surface area contributed by atoms with Crippen molar-refractivity contribution in [1.82, 2.24) is 0 Å². The highest BCUT2D eigenvalue weighted by atomic mass is 127. The molecule has 0 unspecified atom stereocenters. The van der Waals surface area contributed by atoms with Crippen molar-refractivity contribution in [3.8, 4) is 0 Å². The molecule has 0 aliphatic heterocycles. The zero-order valence-corrected chi connectivity index (χ0v) is 9.02. The van der Waals surface area contributed by atoms with Gasteiger partial charge in [-0.3, -0.25) is 0 Å². The Labute approximate surface area is 82.1 Å². The summed E-state index contributed by atoms with van der Waals surface area (Å²) in [6.07, 6.45) is 0. The maximum absolute atomic E-state index is 10.9. The van der Waals surface area contributed by atoms with Crippen LogP contribution in [0.2, 0.25) is 5.02 Å². The molecule has 0 heterocycles. The zero-order chi connectivity index (χ0) is 8.48. The highest BCUT2D eigenvalue weighted by Gasteiger charge is 2.06. The molecule has 0 saturated heterocycles. The van der Waals surface area contributed by atoms with Crippen LogP contribution >= 0.6 is 32.8 Å². The summed E-state index contributed by atoms with van der Waals surface area (Å²) < 4.78 is 21.8. The van der Waals surface area contributed by atoms with Gasteiger partial charge in [-0.05, 0) is 24.3 Å². The van der Waals surface area contributed by atoms with Crippen LogP contribution in [0, 0.1) is 0 Å². The van der Waals surface area contributed by atoms with Gasteiger partial charge < -0.3 is 0 Å². The molecule has 0 bridgehead atoms. The minimum atomic E-state index is -3.11. The van der Waals surface area contributed by atoms with Crippen molar-refractivity contribution in [1.29, 1.82) is 0 Å². The Kier molecular flexibility index (Phi) is 2.77. The van der Waals surface area contributed by atoms with Gasteiger partial charge in [0.2, 0.25) is 7.01 Å². The minimum Gasteiger partial charge on any atom is -0.213 e. The Hall–Kier alpha value is 0.190. The predicted molar refractivity (Wildman–Crippen MR) is 52.7 cm³/mol. The first kappa shape index (κ1) is 9.28. The molecule has 0 saturated carbocycles.